The van der Waals surface area contributed by atoms with Crippen LogP contribution in [0.5, 0.6) is 0 Å². The lowest BCUT2D eigenvalue weighted by Gasteiger charge is -2.20. The van der Waals surface area contributed by atoms with Crippen LogP contribution in [0.2, 0.25) is 0 Å². The predicted molar refractivity (Wildman–Crippen MR) is 106 cm³/mol. The van der Waals surface area contributed by atoms with Gasteiger partial charge in [0.05, 0.1) is 5.56 Å². The smallest absolute Gasteiger partial charge is 0.256 e. The minimum absolute atomic E-state index is 0.0125. The summed E-state index contributed by atoms with van der Waals surface area (Å²) in [6.07, 6.45) is 1.27. The fourth-order valence-electron chi connectivity index (χ4n) is 4.29. The monoisotopic (exact) mass is 381 g/mol. The number of carbonyl (C=O) groups is 2. The molecule has 0 bridgehead atoms. The number of halogens is 1. The largest absolute Gasteiger partial charge is 0.338 e. The van der Waals surface area contributed by atoms with E-state index in [0.717, 1.165) is 12.0 Å². The maximum absolute atomic E-state index is 14.5. The lowest BCUT2D eigenvalue weighted by Crippen LogP contribution is -2.31. The van der Waals surface area contributed by atoms with Gasteiger partial charge in [-0.3, -0.25) is 9.59 Å². The first kappa shape index (κ1) is 18.6. The van der Waals surface area contributed by atoms with E-state index in [1.807, 2.05) is 30.3 Å². The molecular formula is C22H24FN3O2. The number of anilines is 1. The highest BCUT2D eigenvalue weighted by atomic mass is 19.1. The summed E-state index contributed by atoms with van der Waals surface area (Å²) >= 11 is 0. The molecule has 4 rings (SSSR count). The van der Waals surface area contributed by atoms with Gasteiger partial charge in [-0.1, -0.05) is 30.3 Å². The molecule has 0 aromatic heterocycles. The van der Waals surface area contributed by atoms with Crippen LogP contribution in [0.15, 0.2) is 48.5 Å². The van der Waals surface area contributed by atoms with Crippen LogP contribution in [0.1, 0.15) is 34.7 Å². The van der Waals surface area contributed by atoms with Crippen LogP contribution in [0.3, 0.4) is 0 Å². The van der Waals surface area contributed by atoms with Gasteiger partial charge in [0, 0.05) is 37.7 Å². The lowest BCUT2D eigenvalue weighted by molar-refractivity contribution is -0.117. The van der Waals surface area contributed by atoms with Gasteiger partial charge in [-0.2, -0.15) is 0 Å². The van der Waals surface area contributed by atoms with E-state index in [9.17, 15) is 14.0 Å². The topological polar surface area (TPSA) is 66.6 Å². The van der Waals surface area contributed by atoms with Gasteiger partial charge in [0.25, 0.3) is 5.91 Å². The summed E-state index contributed by atoms with van der Waals surface area (Å²) in [4.78, 5) is 28.4. The molecule has 0 aliphatic carbocycles. The Labute approximate surface area is 163 Å². The molecule has 0 spiro atoms. The van der Waals surface area contributed by atoms with E-state index >= 15 is 0 Å². The van der Waals surface area contributed by atoms with Gasteiger partial charge in [-0.15, -0.1) is 0 Å². The third-order valence-electron chi connectivity index (χ3n) is 5.82. The van der Waals surface area contributed by atoms with E-state index in [1.165, 1.54) is 12.1 Å². The Balaban J connectivity index is 1.58. The molecule has 2 saturated heterocycles. The van der Waals surface area contributed by atoms with Gasteiger partial charge in [-0.05, 0) is 42.6 Å². The van der Waals surface area contributed by atoms with Gasteiger partial charge in [0.15, 0.2) is 0 Å². The Kier molecular flexibility index (Phi) is 5.13. The normalized spacial score (nSPS) is 22.1. The van der Waals surface area contributed by atoms with Crippen molar-refractivity contribution in [2.75, 3.05) is 31.1 Å². The van der Waals surface area contributed by atoms with Crippen molar-refractivity contribution < 1.29 is 14.0 Å². The summed E-state index contributed by atoms with van der Waals surface area (Å²) in [6.45, 7) is 2.08. The van der Waals surface area contributed by atoms with E-state index in [4.69, 9.17) is 5.73 Å². The second-order valence-electron chi connectivity index (χ2n) is 7.54. The highest BCUT2D eigenvalue weighted by molar-refractivity contribution is 5.99. The molecule has 2 N–H and O–H groups in total. The summed E-state index contributed by atoms with van der Waals surface area (Å²) < 4.78 is 14.5. The first-order chi connectivity index (χ1) is 13.6. The number of amides is 2. The van der Waals surface area contributed by atoms with Gasteiger partial charge in [0.1, 0.15) is 5.82 Å². The molecule has 2 atom stereocenters. The zero-order valence-corrected chi connectivity index (χ0v) is 15.7. The van der Waals surface area contributed by atoms with Gasteiger partial charge in [-0.25, -0.2) is 4.39 Å². The standard InChI is InChI=1S/C22H24FN3O2/c23-20-9-8-17(26-10-4-7-21(26)27)11-18(20)22(28)25-13-16(12-24)19(14-25)15-5-2-1-3-6-15/h1-3,5-6,8-9,11,16,19H,4,7,10,12-14,24H2/t16-,19+/m1/s1. The quantitative estimate of drug-likeness (QED) is 0.886. The highest BCUT2D eigenvalue weighted by Crippen LogP contribution is 2.33. The molecule has 0 unspecified atom stereocenters. The van der Waals surface area contributed by atoms with Crippen molar-refractivity contribution in [3.05, 3.63) is 65.5 Å². The van der Waals surface area contributed by atoms with Crippen LogP contribution in [0.4, 0.5) is 10.1 Å². The lowest BCUT2D eigenvalue weighted by atomic mass is 9.89. The van der Waals surface area contributed by atoms with Crippen LogP contribution in [-0.2, 0) is 4.79 Å². The summed E-state index contributed by atoms with van der Waals surface area (Å²) in [5.74, 6) is -0.617. The van der Waals surface area contributed by atoms with E-state index in [1.54, 1.807) is 15.9 Å². The van der Waals surface area contributed by atoms with Crippen LogP contribution in [-0.4, -0.2) is 42.9 Å². The molecule has 5 nitrogen and oxygen atoms in total. The molecule has 2 heterocycles. The Morgan fingerprint density at radius 1 is 1.14 bits per heavy atom. The molecular weight excluding hydrogens is 357 g/mol. The van der Waals surface area contributed by atoms with Gasteiger partial charge >= 0.3 is 0 Å². The van der Waals surface area contributed by atoms with Crippen molar-refractivity contribution in [3.8, 4) is 0 Å². The third kappa shape index (κ3) is 3.40. The van der Waals surface area contributed by atoms with Crippen molar-refractivity contribution in [2.45, 2.75) is 18.8 Å². The van der Waals surface area contributed by atoms with Crippen LogP contribution in [0.25, 0.3) is 0 Å². The molecule has 0 radical (unpaired) electrons. The molecule has 2 amide bonds. The van der Waals surface area contributed by atoms with E-state index < -0.39 is 5.82 Å². The highest BCUT2D eigenvalue weighted by Gasteiger charge is 2.36. The van der Waals surface area contributed by atoms with Crippen molar-refractivity contribution in [1.29, 1.82) is 0 Å². The number of carbonyl (C=O) groups excluding carboxylic acids is 2. The van der Waals surface area contributed by atoms with E-state index in [2.05, 4.69) is 0 Å². The second-order valence-corrected chi connectivity index (χ2v) is 7.54. The minimum Gasteiger partial charge on any atom is -0.338 e. The van der Waals surface area contributed by atoms with Crippen LogP contribution < -0.4 is 10.6 Å². The maximum Gasteiger partial charge on any atom is 0.256 e. The van der Waals surface area contributed by atoms with Crippen molar-refractivity contribution in [2.24, 2.45) is 11.7 Å². The Hall–Kier alpha value is -2.73. The molecule has 146 valence electrons. The Bertz CT molecular complexity index is 887. The first-order valence-electron chi connectivity index (χ1n) is 9.72. The van der Waals surface area contributed by atoms with E-state index in [0.29, 0.717) is 38.3 Å². The zero-order valence-electron chi connectivity index (χ0n) is 15.7. The number of benzene rings is 2. The molecule has 2 aromatic rings. The van der Waals surface area contributed by atoms with Crippen molar-refractivity contribution in [3.63, 3.8) is 0 Å². The fraction of sp³-hybridized carbons (Fsp3) is 0.364. The predicted octanol–water partition coefficient (Wildman–Crippen LogP) is 2.77. The first-order valence-corrected chi connectivity index (χ1v) is 9.72. The third-order valence-corrected chi connectivity index (χ3v) is 5.82. The van der Waals surface area contributed by atoms with E-state index in [-0.39, 0.29) is 29.2 Å². The molecule has 2 aliphatic heterocycles. The number of hydrogen-bond acceptors (Lipinski definition) is 3. The van der Waals surface area contributed by atoms with Crippen LogP contribution >= 0.6 is 0 Å². The van der Waals surface area contributed by atoms with Gasteiger partial charge < -0.3 is 15.5 Å². The zero-order chi connectivity index (χ0) is 19.7. The average molecular weight is 381 g/mol. The molecule has 6 heteroatoms. The summed E-state index contributed by atoms with van der Waals surface area (Å²) in [6, 6.07) is 14.3. The Morgan fingerprint density at radius 3 is 2.61 bits per heavy atom. The Morgan fingerprint density at radius 2 is 1.93 bits per heavy atom. The fourth-order valence-corrected chi connectivity index (χ4v) is 4.29. The number of nitrogens with zero attached hydrogens (tertiary/aromatic N) is 2. The van der Waals surface area contributed by atoms with Crippen LogP contribution in [0, 0.1) is 11.7 Å². The summed E-state index contributed by atoms with van der Waals surface area (Å²) in [5, 5.41) is 0. The van der Waals surface area contributed by atoms with Crippen molar-refractivity contribution in [1.82, 2.24) is 4.90 Å². The average Bonchev–Trinajstić information content (AvgIpc) is 3.35. The van der Waals surface area contributed by atoms with Crippen molar-refractivity contribution >= 4 is 17.5 Å². The number of rotatable bonds is 4. The minimum atomic E-state index is -0.562. The number of likely N-dealkylation sites (tertiary alicyclic amines) is 1. The molecule has 28 heavy (non-hydrogen) atoms. The summed E-state index contributed by atoms with van der Waals surface area (Å²) in [7, 11) is 0. The number of nitrogens with two attached hydrogens (primary N) is 1. The number of hydrogen-bond donors (Lipinski definition) is 1. The SMILES string of the molecule is NC[C@@H]1CN(C(=O)c2cc(N3CCCC3=O)ccc2F)C[C@H]1c1ccccc1. The molecule has 0 saturated carbocycles. The van der Waals surface area contributed by atoms with Gasteiger partial charge in [0.2, 0.25) is 5.91 Å². The molecule has 2 aromatic carbocycles. The second kappa shape index (κ2) is 7.72. The molecule has 2 aliphatic rings. The maximum atomic E-state index is 14.5. The molecule has 2 fully saturated rings. The summed E-state index contributed by atoms with van der Waals surface area (Å²) in [5.41, 5.74) is 7.70.